The Labute approximate surface area is 188 Å². The third-order valence-electron chi connectivity index (χ3n) is 5.63. The number of hydrogen-bond acceptors (Lipinski definition) is 6. The van der Waals surface area contributed by atoms with Crippen molar-refractivity contribution in [2.75, 3.05) is 56.8 Å². The zero-order chi connectivity index (χ0) is 22.7. The summed E-state index contributed by atoms with van der Waals surface area (Å²) >= 11 is 0. The number of benzene rings is 2. The van der Waals surface area contributed by atoms with Crippen molar-refractivity contribution in [2.45, 2.75) is 13.3 Å². The van der Waals surface area contributed by atoms with Gasteiger partial charge in [-0.05, 0) is 48.4 Å². The minimum Gasteiger partial charge on any atom is -0.494 e. The van der Waals surface area contributed by atoms with Gasteiger partial charge in [0.2, 0.25) is 0 Å². The summed E-state index contributed by atoms with van der Waals surface area (Å²) in [6.07, 6.45) is 0.919. The standard InChI is InChI=1S/C25H29N3O4/c1-4-15-32-21-11-5-18(6-12-21)22-23(27-13-16-31-17-14-27)25(30)28(24(22)29)20-9-7-19(8-10-20)26(2)3/h5-12H,4,13-17H2,1-3H3. The molecular weight excluding hydrogens is 406 g/mol. The molecule has 7 nitrogen and oxygen atoms in total. The quantitative estimate of drug-likeness (QED) is 0.623. The fourth-order valence-electron chi connectivity index (χ4n) is 3.93. The molecule has 7 heteroatoms. The molecule has 4 rings (SSSR count). The molecule has 0 saturated carbocycles. The number of carbonyl (C=O) groups is 2. The molecule has 0 radical (unpaired) electrons. The van der Waals surface area contributed by atoms with E-state index in [0.717, 1.165) is 17.9 Å². The summed E-state index contributed by atoms with van der Waals surface area (Å²) in [5, 5.41) is 0. The molecule has 1 fully saturated rings. The Hall–Kier alpha value is -3.32. The molecule has 2 heterocycles. The first-order chi connectivity index (χ1) is 15.5. The lowest BCUT2D eigenvalue weighted by atomic mass is 10.0. The number of rotatable bonds is 7. The van der Waals surface area contributed by atoms with Gasteiger partial charge in [0.1, 0.15) is 11.4 Å². The smallest absolute Gasteiger partial charge is 0.282 e. The Morgan fingerprint density at radius 3 is 2.19 bits per heavy atom. The zero-order valence-electron chi connectivity index (χ0n) is 18.8. The van der Waals surface area contributed by atoms with Crippen molar-refractivity contribution in [3.05, 3.63) is 59.8 Å². The highest BCUT2D eigenvalue weighted by Crippen LogP contribution is 2.36. The fourth-order valence-corrected chi connectivity index (χ4v) is 3.93. The predicted octanol–water partition coefficient (Wildman–Crippen LogP) is 3.16. The maximum Gasteiger partial charge on any atom is 0.282 e. The van der Waals surface area contributed by atoms with Crippen LogP contribution in [0.3, 0.4) is 0 Å². The van der Waals surface area contributed by atoms with Crippen LogP contribution < -0.4 is 14.5 Å². The van der Waals surface area contributed by atoms with Gasteiger partial charge in [-0.2, -0.15) is 0 Å². The summed E-state index contributed by atoms with van der Waals surface area (Å²) in [6, 6.07) is 14.8. The number of morpholine rings is 1. The Kier molecular flexibility index (Phi) is 6.46. The Balaban J connectivity index is 1.72. The molecule has 0 aromatic heterocycles. The van der Waals surface area contributed by atoms with Crippen LogP contribution in [0.25, 0.3) is 5.57 Å². The van der Waals surface area contributed by atoms with Crippen molar-refractivity contribution in [3.63, 3.8) is 0 Å². The third kappa shape index (κ3) is 4.21. The average molecular weight is 436 g/mol. The van der Waals surface area contributed by atoms with Crippen LogP contribution in [0.1, 0.15) is 18.9 Å². The summed E-state index contributed by atoms with van der Waals surface area (Å²) in [4.78, 5) is 32.4. The Morgan fingerprint density at radius 2 is 1.59 bits per heavy atom. The van der Waals surface area contributed by atoms with Crippen molar-refractivity contribution < 1.29 is 19.1 Å². The number of ether oxygens (including phenoxy) is 2. The second kappa shape index (κ2) is 9.44. The first kappa shape index (κ1) is 21.9. The summed E-state index contributed by atoms with van der Waals surface area (Å²) in [5.74, 6) is 0.143. The maximum atomic E-state index is 13.6. The molecule has 1 saturated heterocycles. The van der Waals surface area contributed by atoms with Gasteiger partial charge in [-0.3, -0.25) is 9.59 Å². The number of carbonyl (C=O) groups excluding carboxylic acids is 2. The van der Waals surface area contributed by atoms with E-state index in [2.05, 4.69) is 6.92 Å². The van der Waals surface area contributed by atoms with Crippen LogP contribution in [-0.2, 0) is 14.3 Å². The first-order valence-electron chi connectivity index (χ1n) is 11.0. The molecule has 2 aliphatic rings. The summed E-state index contributed by atoms with van der Waals surface area (Å²) in [6.45, 7) is 4.89. The van der Waals surface area contributed by atoms with Crippen LogP contribution in [0, 0.1) is 0 Å². The molecule has 0 bridgehead atoms. The van der Waals surface area contributed by atoms with Gasteiger partial charge in [0.25, 0.3) is 11.8 Å². The second-order valence-corrected chi connectivity index (χ2v) is 8.05. The number of amides is 2. The van der Waals surface area contributed by atoms with E-state index in [9.17, 15) is 9.59 Å². The molecular formula is C25H29N3O4. The van der Waals surface area contributed by atoms with Crippen molar-refractivity contribution in [1.82, 2.24) is 4.90 Å². The van der Waals surface area contributed by atoms with Crippen LogP contribution in [0.5, 0.6) is 5.75 Å². The van der Waals surface area contributed by atoms with Gasteiger partial charge < -0.3 is 19.3 Å². The second-order valence-electron chi connectivity index (χ2n) is 8.05. The molecule has 2 aliphatic heterocycles. The number of nitrogens with zero attached hydrogens (tertiary/aromatic N) is 3. The molecule has 0 spiro atoms. The normalized spacial score (nSPS) is 16.7. The van der Waals surface area contributed by atoms with E-state index in [0.29, 0.717) is 55.4 Å². The average Bonchev–Trinajstić information content (AvgIpc) is 3.08. The Bertz CT molecular complexity index is 1010. The molecule has 0 N–H and O–H groups in total. The van der Waals surface area contributed by atoms with Gasteiger partial charge in [0.15, 0.2) is 0 Å². The van der Waals surface area contributed by atoms with Crippen molar-refractivity contribution >= 4 is 28.8 Å². The summed E-state index contributed by atoms with van der Waals surface area (Å²) in [7, 11) is 3.90. The van der Waals surface area contributed by atoms with Gasteiger partial charge in [0.05, 0.1) is 31.1 Å². The lowest BCUT2D eigenvalue weighted by Crippen LogP contribution is -2.40. The van der Waals surface area contributed by atoms with E-state index >= 15 is 0 Å². The third-order valence-corrected chi connectivity index (χ3v) is 5.63. The maximum absolute atomic E-state index is 13.6. The van der Waals surface area contributed by atoms with Gasteiger partial charge >= 0.3 is 0 Å². The van der Waals surface area contributed by atoms with Crippen LogP contribution >= 0.6 is 0 Å². The fraction of sp³-hybridized carbons (Fsp3) is 0.360. The lowest BCUT2D eigenvalue weighted by Gasteiger charge is -2.29. The molecule has 32 heavy (non-hydrogen) atoms. The van der Waals surface area contributed by atoms with Gasteiger partial charge in [-0.15, -0.1) is 0 Å². The first-order valence-corrected chi connectivity index (χ1v) is 11.0. The van der Waals surface area contributed by atoms with E-state index in [1.807, 2.05) is 72.4 Å². The van der Waals surface area contributed by atoms with Gasteiger partial charge in [-0.25, -0.2) is 4.90 Å². The summed E-state index contributed by atoms with van der Waals surface area (Å²) in [5.41, 5.74) is 3.14. The van der Waals surface area contributed by atoms with Crippen LogP contribution in [0.15, 0.2) is 54.2 Å². The summed E-state index contributed by atoms with van der Waals surface area (Å²) < 4.78 is 11.1. The van der Waals surface area contributed by atoms with E-state index < -0.39 is 0 Å². The highest BCUT2D eigenvalue weighted by Gasteiger charge is 2.42. The highest BCUT2D eigenvalue weighted by atomic mass is 16.5. The minimum atomic E-state index is -0.309. The van der Waals surface area contributed by atoms with Crippen LogP contribution in [-0.4, -0.2) is 63.7 Å². The molecule has 0 aliphatic carbocycles. The molecule has 0 unspecified atom stereocenters. The molecule has 2 aromatic carbocycles. The minimum absolute atomic E-state index is 0.296. The largest absolute Gasteiger partial charge is 0.494 e. The lowest BCUT2D eigenvalue weighted by molar-refractivity contribution is -0.121. The highest BCUT2D eigenvalue weighted by molar-refractivity contribution is 6.45. The van der Waals surface area contributed by atoms with Crippen molar-refractivity contribution in [1.29, 1.82) is 0 Å². The van der Waals surface area contributed by atoms with E-state index in [4.69, 9.17) is 9.47 Å². The van der Waals surface area contributed by atoms with Crippen molar-refractivity contribution in [3.8, 4) is 5.75 Å². The monoisotopic (exact) mass is 435 g/mol. The molecule has 2 aromatic rings. The topological polar surface area (TPSA) is 62.3 Å². The number of anilines is 2. The zero-order valence-corrected chi connectivity index (χ0v) is 18.8. The van der Waals surface area contributed by atoms with Gasteiger partial charge in [0, 0.05) is 32.9 Å². The van der Waals surface area contributed by atoms with Crippen LogP contribution in [0.2, 0.25) is 0 Å². The van der Waals surface area contributed by atoms with E-state index in [1.165, 1.54) is 4.90 Å². The Morgan fingerprint density at radius 1 is 0.938 bits per heavy atom. The van der Waals surface area contributed by atoms with E-state index in [1.54, 1.807) is 0 Å². The molecule has 168 valence electrons. The van der Waals surface area contributed by atoms with Crippen LogP contribution in [0.4, 0.5) is 11.4 Å². The van der Waals surface area contributed by atoms with Crippen molar-refractivity contribution in [2.24, 2.45) is 0 Å². The number of hydrogen-bond donors (Lipinski definition) is 0. The molecule has 0 atom stereocenters. The van der Waals surface area contributed by atoms with Gasteiger partial charge in [-0.1, -0.05) is 19.1 Å². The predicted molar refractivity (Wildman–Crippen MR) is 125 cm³/mol. The SMILES string of the molecule is CCCOc1ccc(C2=C(N3CCOCC3)C(=O)N(c3ccc(N(C)C)cc3)C2=O)cc1. The van der Waals surface area contributed by atoms with E-state index in [-0.39, 0.29) is 11.8 Å². The number of imide groups is 1. The molecule has 2 amide bonds.